The van der Waals surface area contributed by atoms with E-state index in [1.807, 2.05) is 6.07 Å². The van der Waals surface area contributed by atoms with Gasteiger partial charge in [0.2, 0.25) is 0 Å². The van der Waals surface area contributed by atoms with Crippen molar-refractivity contribution in [3.05, 3.63) is 83.9 Å². The van der Waals surface area contributed by atoms with Gasteiger partial charge in [-0.2, -0.15) is 0 Å². The first kappa shape index (κ1) is 22.6. The Kier molecular flexibility index (Phi) is 5.95. The van der Waals surface area contributed by atoms with Gasteiger partial charge in [0.05, 0.1) is 18.5 Å². The number of imidazole rings is 1. The zero-order valence-electron chi connectivity index (χ0n) is 18.3. The second kappa shape index (κ2) is 9.22. The summed E-state index contributed by atoms with van der Waals surface area (Å²) in [5, 5.41) is 20.3. The summed E-state index contributed by atoms with van der Waals surface area (Å²) in [4.78, 5) is 37.8. The van der Waals surface area contributed by atoms with Crippen LogP contribution < -0.4 is 5.73 Å². The number of rotatable bonds is 6. The summed E-state index contributed by atoms with van der Waals surface area (Å²) in [6.45, 7) is -0.494. The number of aromatic nitrogens is 4. The molecule has 2 aromatic carbocycles. The Labute approximate surface area is 198 Å². The van der Waals surface area contributed by atoms with E-state index in [1.165, 1.54) is 41.5 Å². The first-order valence-electron chi connectivity index (χ1n) is 10.8. The van der Waals surface area contributed by atoms with Crippen LogP contribution in [0.4, 0.5) is 5.82 Å². The van der Waals surface area contributed by atoms with E-state index >= 15 is 0 Å². The molecule has 0 aliphatic carbocycles. The molecule has 2 aromatic heterocycles. The van der Waals surface area contributed by atoms with E-state index in [-0.39, 0.29) is 17.2 Å². The second-order valence-electron chi connectivity index (χ2n) is 7.96. The zero-order valence-corrected chi connectivity index (χ0v) is 18.3. The number of nitrogens with zero attached hydrogens (tertiary/aromatic N) is 4. The van der Waals surface area contributed by atoms with Gasteiger partial charge in [0.1, 0.15) is 24.1 Å². The number of benzene rings is 2. The van der Waals surface area contributed by atoms with Crippen molar-refractivity contribution in [3.63, 3.8) is 0 Å². The number of fused-ring (bicyclic) bond motifs is 1. The van der Waals surface area contributed by atoms with Crippen molar-refractivity contribution in [2.45, 2.75) is 24.5 Å². The van der Waals surface area contributed by atoms with Crippen LogP contribution in [0.3, 0.4) is 0 Å². The molecule has 0 spiro atoms. The average Bonchev–Trinajstić information content (AvgIpc) is 3.46. The SMILES string of the molecule is Nc1ncnc2c1ncn2[C@@H]1O[C@H](CO)[C@@H](O)[C@H]1OC(=O)c1ccc(C(=O)c2ccccc2)cc1. The maximum absolute atomic E-state index is 12.9. The standard InChI is InChI=1S/C24H21N5O6/c25-21-17-22(27-11-26-21)29(12-28-17)23-20(19(32)16(10-30)34-23)35-24(33)15-8-6-14(7-9-15)18(31)13-4-2-1-3-5-13/h1-9,11-12,16,19-20,23,30,32H,10H2,(H2,25,26,27)/t16-,19-,20-,23-/m1/s1. The molecule has 0 unspecified atom stereocenters. The fourth-order valence-electron chi connectivity index (χ4n) is 3.98. The van der Waals surface area contributed by atoms with Gasteiger partial charge in [-0.3, -0.25) is 9.36 Å². The molecule has 5 rings (SSSR count). The summed E-state index contributed by atoms with van der Waals surface area (Å²) < 4.78 is 12.8. The van der Waals surface area contributed by atoms with Crippen molar-refractivity contribution in [1.29, 1.82) is 0 Å². The third-order valence-corrected chi connectivity index (χ3v) is 5.82. The van der Waals surface area contributed by atoms with Crippen molar-refractivity contribution in [3.8, 4) is 0 Å². The molecule has 1 saturated heterocycles. The predicted octanol–water partition coefficient (Wildman–Crippen LogP) is 1.12. The molecule has 3 heterocycles. The molecule has 0 radical (unpaired) electrons. The number of carbonyl (C=O) groups is 2. The van der Waals surface area contributed by atoms with Crippen LogP contribution >= 0.6 is 0 Å². The quantitative estimate of drug-likeness (QED) is 0.272. The van der Waals surface area contributed by atoms with Gasteiger partial charge in [0, 0.05) is 11.1 Å². The lowest BCUT2D eigenvalue weighted by Gasteiger charge is -2.22. The van der Waals surface area contributed by atoms with Crippen molar-refractivity contribution in [2.75, 3.05) is 12.3 Å². The van der Waals surface area contributed by atoms with E-state index in [0.717, 1.165) is 0 Å². The fourth-order valence-corrected chi connectivity index (χ4v) is 3.98. The maximum atomic E-state index is 12.9. The number of nitrogens with two attached hydrogens (primary N) is 1. The fraction of sp³-hybridized carbons (Fsp3) is 0.208. The van der Waals surface area contributed by atoms with E-state index in [2.05, 4.69) is 15.0 Å². The highest BCUT2D eigenvalue weighted by Gasteiger charge is 2.47. The Balaban J connectivity index is 1.38. The highest BCUT2D eigenvalue weighted by Crippen LogP contribution is 2.34. The molecule has 0 bridgehead atoms. The van der Waals surface area contributed by atoms with E-state index < -0.39 is 37.1 Å². The number of anilines is 1. The number of esters is 1. The number of aliphatic hydroxyl groups is 2. The topological polar surface area (TPSA) is 163 Å². The van der Waals surface area contributed by atoms with Crippen molar-refractivity contribution < 1.29 is 29.3 Å². The number of carbonyl (C=O) groups excluding carboxylic acids is 2. The summed E-state index contributed by atoms with van der Waals surface area (Å²) in [5.74, 6) is -0.757. The first-order chi connectivity index (χ1) is 17.0. The number of ether oxygens (including phenoxy) is 2. The van der Waals surface area contributed by atoms with Crippen LogP contribution in [0.25, 0.3) is 11.2 Å². The summed E-state index contributed by atoms with van der Waals surface area (Å²) in [6, 6.07) is 14.8. The number of aliphatic hydroxyl groups excluding tert-OH is 2. The molecule has 4 N–H and O–H groups in total. The third-order valence-electron chi connectivity index (χ3n) is 5.82. The van der Waals surface area contributed by atoms with Gasteiger partial charge in [0.15, 0.2) is 29.6 Å². The monoisotopic (exact) mass is 475 g/mol. The molecular weight excluding hydrogens is 454 g/mol. The number of nitrogen functional groups attached to an aromatic ring is 1. The molecule has 1 aliphatic rings. The van der Waals surface area contributed by atoms with Crippen LogP contribution in [0.5, 0.6) is 0 Å². The lowest BCUT2D eigenvalue weighted by molar-refractivity contribution is -0.0564. The lowest BCUT2D eigenvalue weighted by atomic mass is 10.0. The minimum Gasteiger partial charge on any atom is -0.451 e. The largest absolute Gasteiger partial charge is 0.451 e. The normalized spacial score (nSPS) is 21.8. The lowest BCUT2D eigenvalue weighted by Crippen LogP contribution is -2.37. The van der Waals surface area contributed by atoms with E-state index in [4.69, 9.17) is 15.2 Å². The Morgan fingerprint density at radius 2 is 1.69 bits per heavy atom. The van der Waals surface area contributed by atoms with Gasteiger partial charge in [-0.25, -0.2) is 19.7 Å². The van der Waals surface area contributed by atoms with Crippen LogP contribution in [0.2, 0.25) is 0 Å². The van der Waals surface area contributed by atoms with Gasteiger partial charge < -0.3 is 25.4 Å². The molecule has 0 saturated carbocycles. The molecule has 4 atom stereocenters. The summed E-state index contributed by atoms with van der Waals surface area (Å²) in [6.07, 6.45) is -1.88. The van der Waals surface area contributed by atoms with Crippen LogP contribution in [-0.2, 0) is 9.47 Å². The summed E-state index contributed by atoms with van der Waals surface area (Å²) in [7, 11) is 0. The molecule has 0 amide bonds. The Morgan fingerprint density at radius 3 is 2.40 bits per heavy atom. The highest BCUT2D eigenvalue weighted by atomic mass is 16.6. The van der Waals surface area contributed by atoms with Gasteiger partial charge in [-0.05, 0) is 12.1 Å². The third kappa shape index (κ3) is 4.12. The smallest absolute Gasteiger partial charge is 0.338 e. The van der Waals surface area contributed by atoms with Gasteiger partial charge in [0.25, 0.3) is 0 Å². The van der Waals surface area contributed by atoms with E-state index in [0.29, 0.717) is 22.3 Å². The van der Waals surface area contributed by atoms with Crippen molar-refractivity contribution in [2.24, 2.45) is 0 Å². The zero-order chi connectivity index (χ0) is 24.5. The molecule has 1 aliphatic heterocycles. The van der Waals surface area contributed by atoms with Gasteiger partial charge in [-0.15, -0.1) is 0 Å². The van der Waals surface area contributed by atoms with Crippen LogP contribution in [-0.4, -0.2) is 66.4 Å². The highest BCUT2D eigenvalue weighted by molar-refractivity contribution is 6.09. The second-order valence-corrected chi connectivity index (χ2v) is 7.96. The molecule has 178 valence electrons. The Hall–Kier alpha value is -4.19. The molecule has 35 heavy (non-hydrogen) atoms. The van der Waals surface area contributed by atoms with Crippen LogP contribution in [0.1, 0.15) is 32.5 Å². The molecule has 11 nitrogen and oxygen atoms in total. The van der Waals surface area contributed by atoms with Crippen molar-refractivity contribution >= 4 is 28.7 Å². The van der Waals surface area contributed by atoms with Gasteiger partial charge >= 0.3 is 5.97 Å². The van der Waals surface area contributed by atoms with E-state index in [1.54, 1.807) is 24.3 Å². The Morgan fingerprint density at radius 1 is 1.00 bits per heavy atom. The molecule has 4 aromatic rings. The summed E-state index contributed by atoms with van der Waals surface area (Å²) >= 11 is 0. The predicted molar refractivity (Wildman–Crippen MR) is 122 cm³/mol. The number of ketones is 1. The van der Waals surface area contributed by atoms with Gasteiger partial charge in [-0.1, -0.05) is 42.5 Å². The molecule has 1 fully saturated rings. The van der Waals surface area contributed by atoms with Crippen molar-refractivity contribution in [1.82, 2.24) is 19.5 Å². The van der Waals surface area contributed by atoms with Crippen LogP contribution in [0, 0.1) is 0 Å². The molecular formula is C24H21N5O6. The molecule has 11 heteroatoms. The number of hydrogen-bond donors (Lipinski definition) is 3. The average molecular weight is 475 g/mol. The Bertz CT molecular complexity index is 1370. The van der Waals surface area contributed by atoms with Crippen LogP contribution in [0.15, 0.2) is 67.3 Å². The minimum absolute atomic E-state index is 0.157. The minimum atomic E-state index is -1.32. The summed E-state index contributed by atoms with van der Waals surface area (Å²) in [5.41, 5.74) is 7.60. The maximum Gasteiger partial charge on any atom is 0.338 e. The van der Waals surface area contributed by atoms with E-state index in [9.17, 15) is 19.8 Å². The number of hydrogen-bond acceptors (Lipinski definition) is 10. The first-order valence-corrected chi connectivity index (χ1v) is 10.8.